The van der Waals surface area contributed by atoms with Crippen molar-refractivity contribution in [1.82, 2.24) is 9.88 Å². The molecule has 1 aliphatic rings. The number of methoxy groups -OCH3 is 1. The number of fused-ring (bicyclic) bond motifs is 1. The number of nitrogens with one attached hydrogen (secondary N) is 1. The lowest BCUT2D eigenvalue weighted by molar-refractivity contribution is -0.116. The standard InChI is InChI=1S/C18H15N3O5/c1-26-18(25)11-6-7-14(19-10-11)20-15(22)8-9-21-16(23)12-4-2-3-5-13(12)17(21)24/h2-7,10H,8-9H2,1H3,(H,19,20,22). The van der Waals surface area contributed by atoms with Gasteiger partial charge in [0.15, 0.2) is 0 Å². The van der Waals surface area contributed by atoms with Gasteiger partial charge in [-0.3, -0.25) is 19.3 Å². The lowest BCUT2D eigenvalue weighted by Crippen LogP contribution is -2.32. The summed E-state index contributed by atoms with van der Waals surface area (Å²) in [4.78, 5) is 52.8. The summed E-state index contributed by atoms with van der Waals surface area (Å²) in [6.45, 7) is -0.0293. The third kappa shape index (κ3) is 3.30. The minimum Gasteiger partial charge on any atom is -0.465 e. The summed E-state index contributed by atoms with van der Waals surface area (Å²) in [7, 11) is 1.26. The fourth-order valence-corrected chi connectivity index (χ4v) is 2.57. The van der Waals surface area contributed by atoms with Crippen molar-refractivity contribution < 1.29 is 23.9 Å². The molecule has 1 aromatic heterocycles. The largest absolute Gasteiger partial charge is 0.465 e. The number of imide groups is 1. The Balaban J connectivity index is 1.57. The summed E-state index contributed by atoms with van der Waals surface area (Å²) in [6, 6.07) is 9.48. The van der Waals surface area contributed by atoms with Crippen LogP contribution in [0.5, 0.6) is 0 Å². The maximum absolute atomic E-state index is 12.2. The SMILES string of the molecule is COC(=O)c1ccc(NC(=O)CCN2C(=O)c3ccccc3C2=O)nc1. The Kier molecular flexibility index (Phi) is 4.74. The Morgan fingerprint density at radius 3 is 2.27 bits per heavy atom. The molecule has 0 unspecified atom stereocenters. The first kappa shape index (κ1) is 17.3. The van der Waals surface area contributed by atoms with Crippen LogP contribution >= 0.6 is 0 Å². The molecule has 0 bridgehead atoms. The average Bonchev–Trinajstić information content (AvgIpc) is 2.91. The van der Waals surface area contributed by atoms with Crippen molar-refractivity contribution >= 4 is 29.5 Å². The number of ether oxygens (including phenoxy) is 1. The van der Waals surface area contributed by atoms with E-state index in [9.17, 15) is 19.2 Å². The Bertz CT molecular complexity index is 857. The molecule has 3 rings (SSSR count). The zero-order valence-electron chi connectivity index (χ0n) is 13.9. The summed E-state index contributed by atoms with van der Waals surface area (Å²) < 4.78 is 4.56. The predicted molar refractivity (Wildman–Crippen MR) is 90.6 cm³/mol. The number of pyridine rings is 1. The highest BCUT2D eigenvalue weighted by molar-refractivity contribution is 6.21. The van der Waals surface area contributed by atoms with Crippen LogP contribution in [0.2, 0.25) is 0 Å². The fourth-order valence-electron chi connectivity index (χ4n) is 2.57. The second-order valence-electron chi connectivity index (χ2n) is 5.53. The van der Waals surface area contributed by atoms with Crippen molar-refractivity contribution in [1.29, 1.82) is 0 Å². The highest BCUT2D eigenvalue weighted by atomic mass is 16.5. The molecule has 0 aliphatic carbocycles. The highest BCUT2D eigenvalue weighted by Gasteiger charge is 2.34. The third-order valence-electron chi connectivity index (χ3n) is 3.89. The lowest BCUT2D eigenvalue weighted by atomic mass is 10.1. The Hall–Kier alpha value is -3.55. The van der Waals surface area contributed by atoms with Gasteiger partial charge >= 0.3 is 5.97 Å². The second-order valence-corrected chi connectivity index (χ2v) is 5.53. The third-order valence-corrected chi connectivity index (χ3v) is 3.89. The van der Waals surface area contributed by atoms with E-state index < -0.39 is 23.7 Å². The number of aromatic nitrogens is 1. The average molecular weight is 353 g/mol. The van der Waals surface area contributed by atoms with Gasteiger partial charge in [0, 0.05) is 19.2 Å². The van der Waals surface area contributed by atoms with Gasteiger partial charge in [-0.2, -0.15) is 0 Å². The number of amides is 3. The van der Waals surface area contributed by atoms with E-state index in [1.54, 1.807) is 24.3 Å². The molecule has 132 valence electrons. The molecular weight excluding hydrogens is 338 g/mol. The number of carbonyl (C=O) groups is 4. The number of hydrogen-bond acceptors (Lipinski definition) is 6. The van der Waals surface area contributed by atoms with Gasteiger partial charge in [0.05, 0.1) is 23.8 Å². The van der Waals surface area contributed by atoms with E-state index in [1.807, 2.05) is 0 Å². The molecule has 2 heterocycles. The molecule has 26 heavy (non-hydrogen) atoms. The lowest BCUT2D eigenvalue weighted by Gasteiger charge is -2.13. The number of rotatable bonds is 5. The summed E-state index contributed by atoms with van der Waals surface area (Å²) in [5, 5.41) is 2.55. The Labute approximate surface area is 148 Å². The molecule has 2 aromatic rings. The summed E-state index contributed by atoms with van der Waals surface area (Å²) >= 11 is 0. The van der Waals surface area contributed by atoms with Crippen molar-refractivity contribution in [3.05, 3.63) is 59.3 Å². The monoisotopic (exact) mass is 353 g/mol. The van der Waals surface area contributed by atoms with Crippen molar-refractivity contribution in [3.63, 3.8) is 0 Å². The van der Waals surface area contributed by atoms with Crippen LogP contribution in [0.3, 0.4) is 0 Å². The van der Waals surface area contributed by atoms with Gasteiger partial charge in [0.1, 0.15) is 5.82 Å². The first-order valence-corrected chi connectivity index (χ1v) is 7.80. The molecule has 8 heteroatoms. The fraction of sp³-hybridized carbons (Fsp3) is 0.167. The predicted octanol–water partition coefficient (Wildman–Crippen LogP) is 1.49. The van der Waals surface area contributed by atoms with E-state index in [0.717, 1.165) is 4.90 Å². The molecule has 0 fully saturated rings. The van der Waals surface area contributed by atoms with Crippen LogP contribution in [0, 0.1) is 0 Å². The molecule has 0 atom stereocenters. The molecule has 1 aliphatic heterocycles. The van der Waals surface area contributed by atoms with Crippen molar-refractivity contribution in [3.8, 4) is 0 Å². The second kappa shape index (κ2) is 7.14. The summed E-state index contributed by atoms with van der Waals surface area (Å²) in [5.41, 5.74) is 0.951. The molecule has 8 nitrogen and oxygen atoms in total. The summed E-state index contributed by atoms with van der Waals surface area (Å²) in [5.74, 6) is -1.48. The Morgan fingerprint density at radius 2 is 1.73 bits per heavy atom. The van der Waals surface area contributed by atoms with Crippen molar-refractivity contribution in [2.75, 3.05) is 19.0 Å². The quantitative estimate of drug-likeness (QED) is 0.645. The van der Waals surface area contributed by atoms with Crippen LogP contribution in [0.4, 0.5) is 5.82 Å². The van der Waals surface area contributed by atoms with E-state index in [-0.39, 0.29) is 24.3 Å². The normalized spacial score (nSPS) is 12.7. The minimum atomic E-state index is -0.527. The molecule has 3 amide bonds. The van der Waals surface area contributed by atoms with Crippen LogP contribution in [-0.4, -0.2) is 47.2 Å². The minimum absolute atomic E-state index is 0.0293. The van der Waals surface area contributed by atoms with Gasteiger partial charge in [0.2, 0.25) is 5.91 Å². The number of hydrogen-bond donors (Lipinski definition) is 1. The maximum atomic E-state index is 12.2. The molecular formula is C18H15N3O5. The number of benzene rings is 1. The van der Waals surface area contributed by atoms with Crippen molar-refractivity contribution in [2.24, 2.45) is 0 Å². The van der Waals surface area contributed by atoms with Gasteiger partial charge in [-0.1, -0.05) is 12.1 Å². The maximum Gasteiger partial charge on any atom is 0.339 e. The van der Waals surface area contributed by atoms with Gasteiger partial charge in [-0.15, -0.1) is 0 Å². The number of anilines is 1. The molecule has 1 N–H and O–H groups in total. The molecule has 0 saturated heterocycles. The zero-order chi connectivity index (χ0) is 18.7. The number of carbonyl (C=O) groups excluding carboxylic acids is 4. The van der Waals surface area contributed by atoms with Crippen LogP contribution < -0.4 is 5.32 Å². The van der Waals surface area contributed by atoms with Crippen molar-refractivity contribution in [2.45, 2.75) is 6.42 Å². The van der Waals surface area contributed by atoms with Crippen LogP contribution in [-0.2, 0) is 9.53 Å². The van der Waals surface area contributed by atoms with E-state index in [4.69, 9.17) is 0 Å². The van der Waals surface area contributed by atoms with E-state index in [2.05, 4.69) is 15.0 Å². The first-order valence-electron chi connectivity index (χ1n) is 7.80. The van der Waals surface area contributed by atoms with Gasteiger partial charge in [-0.05, 0) is 24.3 Å². The highest BCUT2D eigenvalue weighted by Crippen LogP contribution is 2.22. The van der Waals surface area contributed by atoms with Gasteiger partial charge in [-0.25, -0.2) is 9.78 Å². The molecule has 1 aromatic carbocycles. The molecule has 0 saturated carbocycles. The first-order chi connectivity index (χ1) is 12.5. The van der Waals surface area contributed by atoms with Crippen LogP contribution in [0.15, 0.2) is 42.6 Å². The topological polar surface area (TPSA) is 106 Å². The smallest absolute Gasteiger partial charge is 0.339 e. The van der Waals surface area contributed by atoms with E-state index in [1.165, 1.54) is 25.4 Å². The zero-order valence-corrected chi connectivity index (χ0v) is 13.9. The molecule has 0 radical (unpaired) electrons. The van der Waals surface area contributed by atoms with Crippen LogP contribution in [0.25, 0.3) is 0 Å². The molecule has 0 spiro atoms. The van der Waals surface area contributed by atoms with E-state index >= 15 is 0 Å². The van der Waals surface area contributed by atoms with Crippen LogP contribution in [0.1, 0.15) is 37.5 Å². The number of nitrogens with zero attached hydrogens (tertiary/aromatic N) is 2. The Morgan fingerprint density at radius 1 is 1.08 bits per heavy atom. The van der Waals surface area contributed by atoms with E-state index in [0.29, 0.717) is 11.1 Å². The number of esters is 1. The van der Waals surface area contributed by atoms with Gasteiger partial charge in [0.25, 0.3) is 11.8 Å². The summed E-state index contributed by atoms with van der Waals surface area (Å²) in [6.07, 6.45) is 1.22. The van der Waals surface area contributed by atoms with Gasteiger partial charge < -0.3 is 10.1 Å².